The van der Waals surface area contributed by atoms with E-state index in [4.69, 9.17) is 71.4 Å². The third-order valence-electron chi connectivity index (χ3n) is 12.3. The average molecular weight is 1250 g/mol. The number of imide groups is 3. The van der Waals surface area contributed by atoms with Crippen LogP contribution < -0.4 is 16.0 Å². The lowest BCUT2D eigenvalue weighted by molar-refractivity contribution is -0.198. The maximum Gasteiger partial charge on any atom is 0.335 e. The van der Waals surface area contributed by atoms with E-state index in [9.17, 15) is 57.5 Å². The molecule has 3 aliphatic rings. The predicted octanol–water partition coefficient (Wildman–Crippen LogP) is -1.91. The first-order valence-corrected chi connectivity index (χ1v) is 29.1. The SMILES string of the molecule is CCC(COCCC(=O)NCCOCCOCCOCCC(=O)ON1C(=O)CCC1=O)(COCCC(=O)NCCOCCOCCOCCC(=O)ON1C(=O)CCC1=O)COCCC(=O)NCCOCCOCCOCCC(=O)ON1C(=O)CCC1=O. The van der Waals surface area contributed by atoms with E-state index in [1.807, 2.05) is 6.92 Å². The summed E-state index contributed by atoms with van der Waals surface area (Å²) >= 11 is 0. The minimum Gasteiger partial charge on any atom is -0.380 e. The predicted molar refractivity (Wildman–Crippen MR) is 291 cm³/mol. The van der Waals surface area contributed by atoms with Crippen molar-refractivity contribution in [2.75, 3.05) is 178 Å². The molecule has 3 fully saturated rings. The Hall–Kier alpha value is -6.24. The summed E-state index contributed by atoms with van der Waals surface area (Å²) < 4.78 is 66.6. The molecule has 33 nitrogen and oxygen atoms in total. The molecule has 3 heterocycles. The van der Waals surface area contributed by atoms with Crippen LogP contribution in [0.4, 0.5) is 0 Å². The van der Waals surface area contributed by atoms with Crippen molar-refractivity contribution in [2.45, 2.75) is 90.4 Å². The number of amides is 9. The monoisotopic (exact) mass is 1250 g/mol. The first-order valence-electron chi connectivity index (χ1n) is 29.1. The summed E-state index contributed by atoms with van der Waals surface area (Å²) in [5.41, 5.74) is -0.694. The van der Waals surface area contributed by atoms with E-state index in [2.05, 4.69) is 16.0 Å². The summed E-state index contributed by atoms with van der Waals surface area (Å²) in [6, 6.07) is 0. The minimum absolute atomic E-state index is 0.0102. The fourth-order valence-corrected chi connectivity index (χ4v) is 7.35. The highest BCUT2D eigenvalue weighted by Crippen LogP contribution is 2.25. The highest BCUT2D eigenvalue weighted by molar-refractivity contribution is 6.03. The van der Waals surface area contributed by atoms with Crippen LogP contribution in [0.3, 0.4) is 0 Å². The molecule has 3 N–H and O–H groups in total. The number of ether oxygens (including phenoxy) is 12. The number of carbonyl (C=O) groups excluding carboxylic acids is 12. The van der Waals surface area contributed by atoms with Gasteiger partial charge >= 0.3 is 17.9 Å². The van der Waals surface area contributed by atoms with E-state index in [1.165, 1.54) is 0 Å². The molecular weight excluding hydrogens is 1160 g/mol. The van der Waals surface area contributed by atoms with Crippen molar-refractivity contribution in [3.8, 4) is 0 Å². The average Bonchev–Trinajstić information content (AvgIpc) is 4.39. The maximum absolute atomic E-state index is 12.6. The molecule has 3 aliphatic heterocycles. The molecule has 0 aromatic rings. The van der Waals surface area contributed by atoms with E-state index in [1.54, 1.807) is 0 Å². The molecule has 0 bridgehead atoms. The van der Waals surface area contributed by atoms with Gasteiger partial charge in [0, 0.05) is 82.8 Å². The second kappa shape index (κ2) is 46.9. The van der Waals surface area contributed by atoms with Crippen LogP contribution in [0.1, 0.15) is 90.4 Å². The zero-order chi connectivity index (χ0) is 63.2. The number of nitrogens with one attached hydrogen (secondary N) is 3. The fourth-order valence-electron chi connectivity index (χ4n) is 7.35. The molecule has 494 valence electrons. The van der Waals surface area contributed by atoms with Crippen molar-refractivity contribution >= 4 is 71.1 Å². The van der Waals surface area contributed by atoms with Gasteiger partial charge in [-0.3, -0.25) is 43.2 Å². The Balaban J connectivity index is 1.24. The zero-order valence-corrected chi connectivity index (χ0v) is 49.6. The smallest absolute Gasteiger partial charge is 0.335 e. The Morgan fingerprint density at radius 3 is 0.747 bits per heavy atom. The topological polar surface area (TPSA) is 389 Å². The Morgan fingerprint density at radius 1 is 0.310 bits per heavy atom. The second-order valence-electron chi connectivity index (χ2n) is 19.2. The van der Waals surface area contributed by atoms with Crippen LogP contribution in [0.5, 0.6) is 0 Å². The van der Waals surface area contributed by atoms with Crippen LogP contribution in [0.25, 0.3) is 0 Å². The summed E-state index contributed by atoms with van der Waals surface area (Å²) in [5, 5.41) is 9.75. The number of hydroxylamine groups is 6. The van der Waals surface area contributed by atoms with Gasteiger partial charge in [0.1, 0.15) is 0 Å². The van der Waals surface area contributed by atoms with Crippen molar-refractivity contribution in [1.82, 2.24) is 31.1 Å². The molecule has 0 aromatic carbocycles. The first kappa shape index (κ1) is 75.0. The number of rotatable bonds is 55. The third-order valence-corrected chi connectivity index (χ3v) is 12.3. The lowest BCUT2D eigenvalue weighted by Gasteiger charge is -2.32. The Kier molecular flexibility index (Phi) is 40.4. The van der Waals surface area contributed by atoms with E-state index in [0.717, 1.165) is 0 Å². The molecule has 9 amide bonds. The molecule has 3 saturated heterocycles. The van der Waals surface area contributed by atoms with Crippen LogP contribution in [0, 0.1) is 5.41 Å². The zero-order valence-electron chi connectivity index (χ0n) is 49.6. The van der Waals surface area contributed by atoms with Crippen molar-refractivity contribution in [3.05, 3.63) is 0 Å². The molecule has 0 atom stereocenters. The van der Waals surface area contributed by atoms with Crippen molar-refractivity contribution < 1.29 is 129 Å². The summed E-state index contributed by atoms with van der Waals surface area (Å²) in [6.07, 6.45) is 0.340. The Labute approximate surface area is 503 Å². The normalized spacial score (nSPS) is 14.4. The molecule has 0 aromatic heterocycles. The van der Waals surface area contributed by atoms with Crippen LogP contribution in [0.15, 0.2) is 0 Å². The standard InChI is InChI=1S/C54H86N6O27/c1-2-54(39-82-18-9-42(61)55-15-24-76-30-36-79-33-27-73-21-12-51(70)85-58-45(64)3-4-46(58)65,40-83-19-10-43(62)56-16-25-77-31-37-80-34-28-74-22-13-52(71)86-59-47(66)5-6-48(59)67)41-84-20-11-44(63)57-17-26-78-32-38-81-35-29-75-23-14-53(72)87-60-49(68)7-8-50(60)69/h2-41H2,1H3,(H,55,61)(H,56,62)(H,57,63). The molecule has 3 rings (SSSR count). The van der Waals surface area contributed by atoms with Gasteiger partial charge in [0.2, 0.25) is 17.7 Å². The van der Waals surface area contributed by atoms with Crippen LogP contribution in [-0.2, 0) is 129 Å². The largest absolute Gasteiger partial charge is 0.380 e. The van der Waals surface area contributed by atoms with Crippen LogP contribution in [0.2, 0.25) is 0 Å². The fraction of sp³-hybridized carbons (Fsp3) is 0.778. The lowest BCUT2D eigenvalue weighted by Crippen LogP contribution is -2.38. The summed E-state index contributed by atoms with van der Waals surface area (Å²) in [7, 11) is 0. The van der Waals surface area contributed by atoms with Gasteiger partial charge in [0.15, 0.2) is 0 Å². The Bertz CT molecular complexity index is 1860. The Morgan fingerprint density at radius 2 is 0.517 bits per heavy atom. The first-order chi connectivity index (χ1) is 42.1. The quantitative estimate of drug-likeness (QED) is 0.0442. The van der Waals surface area contributed by atoms with Crippen molar-refractivity contribution in [1.29, 1.82) is 0 Å². The molecule has 87 heavy (non-hydrogen) atoms. The number of hydrogen-bond acceptors (Lipinski definition) is 27. The third kappa shape index (κ3) is 35.4. The van der Waals surface area contributed by atoms with Gasteiger partial charge in [0.05, 0.1) is 178 Å². The van der Waals surface area contributed by atoms with Crippen molar-refractivity contribution in [3.63, 3.8) is 0 Å². The van der Waals surface area contributed by atoms with Crippen LogP contribution in [-0.4, -0.2) is 264 Å². The minimum atomic E-state index is -0.757. The maximum atomic E-state index is 12.6. The van der Waals surface area contributed by atoms with Gasteiger partial charge in [-0.2, -0.15) is 0 Å². The molecule has 0 unspecified atom stereocenters. The van der Waals surface area contributed by atoms with E-state index >= 15 is 0 Å². The summed E-state index contributed by atoms with van der Waals surface area (Å²) in [4.78, 5) is 157. The van der Waals surface area contributed by atoms with Gasteiger partial charge in [0.25, 0.3) is 35.4 Å². The van der Waals surface area contributed by atoms with Crippen molar-refractivity contribution in [2.24, 2.45) is 5.41 Å². The summed E-state index contributed by atoms with van der Waals surface area (Å²) in [5.74, 6) is -6.38. The van der Waals surface area contributed by atoms with E-state index < -0.39 is 58.8 Å². The molecule has 33 heteroatoms. The number of nitrogens with zero attached hydrogens (tertiary/aromatic N) is 3. The van der Waals surface area contributed by atoms with Crippen LogP contribution >= 0.6 is 0 Å². The molecule has 0 saturated carbocycles. The highest BCUT2D eigenvalue weighted by atomic mass is 16.7. The lowest BCUT2D eigenvalue weighted by atomic mass is 9.88. The molecular formula is C54H86N6O27. The van der Waals surface area contributed by atoms with E-state index in [-0.39, 0.29) is 273 Å². The molecule has 0 radical (unpaired) electrons. The van der Waals surface area contributed by atoms with Gasteiger partial charge < -0.3 is 87.3 Å². The molecule has 0 spiro atoms. The second-order valence-corrected chi connectivity index (χ2v) is 19.2. The van der Waals surface area contributed by atoms with Gasteiger partial charge in [-0.1, -0.05) is 6.92 Å². The summed E-state index contributed by atoms with van der Waals surface area (Å²) in [6.45, 7) is 6.96. The van der Waals surface area contributed by atoms with Gasteiger partial charge in [-0.05, 0) is 6.42 Å². The number of carbonyl (C=O) groups is 12. The molecule has 0 aliphatic carbocycles. The highest BCUT2D eigenvalue weighted by Gasteiger charge is 2.35. The number of hydrogen-bond donors (Lipinski definition) is 3. The van der Waals surface area contributed by atoms with E-state index in [0.29, 0.717) is 21.6 Å². The van der Waals surface area contributed by atoms with Gasteiger partial charge in [-0.25, -0.2) is 14.4 Å². The van der Waals surface area contributed by atoms with Gasteiger partial charge in [-0.15, -0.1) is 15.2 Å².